The molecule has 4 amide bonds. The largest absolute Gasteiger partial charge is 0.493 e. The van der Waals surface area contributed by atoms with Crippen LogP contribution in [0.25, 0.3) is 6.08 Å². The van der Waals surface area contributed by atoms with E-state index in [1.807, 2.05) is 56.3 Å². The second-order valence-corrected chi connectivity index (χ2v) is 9.77. The zero-order valence-corrected chi connectivity index (χ0v) is 22.8. The second-order valence-electron chi connectivity index (χ2n) is 8.61. The second kappa shape index (κ2) is 11.5. The number of urea groups is 1. The molecule has 9 heteroatoms. The Morgan fingerprint density at radius 2 is 1.81 bits per heavy atom. The van der Waals surface area contributed by atoms with Crippen LogP contribution in [0.2, 0.25) is 0 Å². The summed E-state index contributed by atoms with van der Waals surface area (Å²) in [6, 6.07) is 18.2. The smallest absolute Gasteiger partial charge is 0.329 e. The van der Waals surface area contributed by atoms with Crippen molar-refractivity contribution in [2.75, 3.05) is 19.0 Å². The number of nitrogens with zero attached hydrogens (tertiary/aromatic N) is 1. The van der Waals surface area contributed by atoms with Crippen molar-refractivity contribution >= 4 is 52.2 Å². The van der Waals surface area contributed by atoms with Gasteiger partial charge in [-0.2, -0.15) is 0 Å². The third-order valence-electron chi connectivity index (χ3n) is 5.63. The van der Waals surface area contributed by atoms with Gasteiger partial charge in [-0.3, -0.25) is 9.59 Å². The highest BCUT2D eigenvalue weighted by atomic mass is 127. The van der Waals surface area contributed by atoms with Gasteiger partial charge in [0.1, 0.15) is 18.8 Å². The Hall–Kier alpha value is -3.86. The fourth-order valence-corrected chi connectivity index (χ4v) is 4.53. The summed E-state index contributed by atoms with van der Waals surface area (Å²) in [6.07, 6.45) is 1.55. The topological polar surface area (TPSA) is 97.0 Å². The van der Waals surface area contributed by atoms with Gasteiger partial charge in [-0.05, 0) is 83.5 Å². The van der Waals surface area contributed by atoms with Crippen molar-refractivity contribution in [3.05, 3.63) is 92.2 Å². The molecule has 0 aromatic heterocycles. The SMILES string of the molecule is COc1cc(/C=C2/NC(=O)N(CC(=O)Nc3cccc(C)c3)C2=O)cc(I)c1OCc1ccc(C)cc1. The van der Waals surface area contributed by atoms with Crippen LogP contribution in [0.4, 0.5) is 10.5 Å². The van der Waals surface area contributed by atoms with Crippen molar-refractivity contribution < 1.29 is 23.9 Å². The van der Waals surface area contributed by atoms with E-state index in [4.69, 9.17) is 9.47 Å². The van der Waals surface area contributed by atoms with Crippen molar-refractivity contribution in [2.45, 2.75) is 20.5 Å². The maximum Gasteiger partial charge on any atom is 0.329 e. The number of ether oxygens (including phenoxy) is 2. The van der Waals surface area contributed by atoms with E-state index in [-0.39, 0.29) is 5.70 Å². The van der Waals surface area contributed by atoms with Gasteiger partial charge in [-0.25, -0.2) is 9.69 Å². The number of imide groups is 1. The van der Waals surface area contributed by atoms with Crippen LogP contribution in [-0.4, -0.2) is 36.4 Å². The molecule has 3 aromatic carbocycles. The molecule has 3 aromatic rings. The summed E-state index contributed by atoms with van der Waals surface area (Å²) < 4.78 is 12.3. The standard InChI is InChI=1S/C28H26IN3O5/c1-17-7-9-19(10-8-17)16-37-26-22(29)12-20(14-24(26)36-3)13-23-27(34)32(28(35)31-23)15-25(33)30-21-6-4-5-18(2)11-21/h4-14H,15-16H2,1-3H3,(H,30,33)(H,31,35)/b23-13+. The number of anilines is 1. The molecule has 8 nitrogen and oxygen atoms in total. The molecule has 0 aliphatic carbocycles. The Balaban J connectivity index is 1.46. The minimum Gasteiger partial charge on any atom is -0.493 e. The van der Waals surface area contributed by atoms with Gasteiger partial charge >= 0.3 is 6.03 Å². The number of aryl methyl sites for hydroxylation is 2. The lowest BCUT2D eigenvalue weighted by atomic mass is 10.1. The summed E-state index contributed by atoms with van der Waals surface area (Å²) in [7, 11) is 1.54. The number of nitrogens with one attached hydrogen (secondary N) is 2. The molecule has 1 heterocycles. The number of carbonyl (C=O) groups excluding carboxylic acids is 3. The summed E-state index contributed by atoms with van der Waals surface area (Å²) in [6.45, 7) is 3.91. The molecule has 2 N–H and O–H groups in total. The molecular formula is C28H26IN3O5. The van der Waals surface area contributed by atoms with Crippen LogP contribution in [0, 0.1) is 17.4 Å². The van der Waals surface area contributed by atoms with E-state index in [2.05, 4.69) is 33.2 Å². The normalized spacial score (nSPS) is 14.1. The van der Waals surface area contributed by atoms with Gasteiger partial charge in [-0.1, -0.05) is 42.0 Å². The van der Waals surface area contributed by atoms with Crippen LogP contribution in [-0.2, 0) is 16.2 Å². The van der Waals surface area contributed by atoms with Gasteiger partial charge in [0.25, 0.3) is 5.91 Å². The van der Waals surface area contributed by atoms with Gasteiger partial charge in [-0.15, -0.1) is 0 Å². The van der Waals surface area contributed by atoms with Gasteiger partial charge < -0.3 is 20.1 Å². The molecule has 0 atom stereocenters. The molecular weight excluding hydrogens is 585 g/mol. The summed E-state index contributed by atoms with van der Waals surface area (Å²) in [5, 5.41) is 5.25. The third-order valence-corrected chi connectivity index (χ3v) is 6.43. The fraction of sp³-hybridized carbons (Fsp3) is 0.179. The van der Waals surface area contributed by atoms with Crippen LogP contribution < -0.4 is 20.1 Å². The summed E-state index contributed by atoms with van der Waals surface area (Å²) >= 11 is 2.14. The quantitative estimate of drug-likeness (QED) is 0.212. The summed E-state index contributed by atoms with van der Waals surface area (Å²) in [4.78, 5) is 38.6. The number of hydrogen-bond acceptors (Lipinski definition) is 5. The maximum atomic E-state index is 12.9. The first-order valence-electron chi connectivity index (χ1n) is 11.5. The molecule has 4 rings (SSSR count). The lowest BCUT2D eigenvalue weighted by Gasteiger charge is -2.14. The molecule has 1 fully saturated rings. The van der Waals surface area contributed by atoms with Crippen molar-refractivity contribution in [1.29, 1.82) is 0 Å². The number of benzene rings is 3. The molecule has 0 spiro atoms. The van der Waals surface area contributed by atoms with Gasteiger partial charge in [0.05, 0.1) is 10.7 Å². The zero-order chi connectivity index (χ0) is 26.5. The first-order chi connectivity index (χ1) is 17.7. The number of hydrogen-bond donors (Lipinski definition) is 2. The Bertz CT molecular complexity index is 1390. The number of amides is 4. The lowest BCUT2D eigenvalue weighted by Crippen LogP contribution is -2.38. The maximum absolute atomic E-state index is 12.9. The van der Waals surface area contributed by atoms with Gasteiger partial charge in [0.15, 0.2) is 11.5 Å². The number of halogens is 1. The molecule has 0 unspecified atom stereocenters. The van der Waals surface area contributed by atoms with E-state index in [1.165, 1.54) is 12.7 Å². The number of rotatable bonds is 8. The predicted molar refractivity (Wildman–Crippen MR) is 149 cm³/mol. The van der Waals surface area contributed by atoms with E-state index in [0.29, 0.717) is 29.4 Å². The van der Waals surface area contributed by atoms with E-state index < -0.39 is 24.4 Å². The minimum atomic E-state index is -0.657. The predicted octanol–water partition coefficient (Wildman–Crippen LogP) is 5.03. The number of carbonyl (C=O) groups is 3. The third kappa shape index (κ3) is 6.48. The Morgan fingerprint density at radius 3 is 2.51 bits per heavy atom. The molecule has 37 heavy (non-hydrogen) atoms. The van der Waals surface area contributed by atoms with Crippen LogP contribution >= 0.6 is 22.6 Å². The molecule has 1 aliphatic rings. The average Bonchev–Trinajstić information content (AvgIpc) is 3.11. The fourth-order valence-electron chi connectivity index (χ4n) is 3.75. The monoisotopic (exact) mass is 611 g/mol. The van der Waals surface area contributed by atoms with Crippen LogP contribution in [0.1, 0.15) is 22.3 Å². The highest BCUT2D eigenvalue weighted by molar-refractivity contribution is 14.1. The molecule has 0 saturated carbocycles. The Labute approximate surface area is 228 Å². The number of methoxy groups -OCH3 is 1. The van der Waals surface area contributed by atoms with E-state index in [9.17, 15) is 14.4 Å². The lowest BCUT2D eigenvalue weighted by molar-refractivity contribution is -0.127. The van der Waals surface area contributed by atoms with Crippen molar-refractivity contribution in [1.82, 2.24) is 10.2 Å². The van der Waals surface area contributed by atoms with E-state index in [0.717, 1.165) is 19.6 Å². The Morgan fingerprint density at radius 1 is 1.05 bits per heavy atom. The van der Waals surface area contributed by atoms with Crippen LogP contribution in [0.3, 0.4) is 0 Å². The Kier molecular flexibility index (Phi) is 8.12. The molecule has 0 radical (unpaired) electrons. The molecule has 1 saturated heterocycles. The van der Waals surface area contributed by atoms with Crippen molar-refractivity contribution in [2.24, 2.45) is 0 Å². The van der Waals surface area contributed by atoms with Gasteiger partial charge in [0.2, 0.25) is 5.91 Å². The summed E-state index contributed by atoms with van der Waals surface area (Å²) in [5.41, 5.74) is 4.49. The van der Waals surface area contributed by atoms with E-state index in [1.54, 1.807) is 24.3 Å². The van der Waals surface area contributed by atoms with Crippen LogP contribution in [0.15, 0.2) is 66.4 Å². The highest BCUT2D eigenvalue weighted by Crippen LogP contribution is 2.35. The molecule has 1 aliphatic heterocycles. The van der Waals surface area contributed by atoms with Crippen molar-refractivity contribution in [3.63, 3.8) is 0 Å². The van der Waals surface area contributed by atoms with Crippen molar-refractivity contribution in [3.8, 4) is 11.5 Å². The zero-order valence-electron chi connectivity index (χ0n) is 20.6. The average molecular weight is 611 g/mol. The molecule has 0 bridgehead atoms. The minimum absolute atomic E-state index is 0.0690. The summed E-state index contributed by atoms with van der Waals surface area (Å²) in [5.74, 6) is 0.0267. The first kappa shape index (κ1) is 26.2. The van der Waals surface area contributed by atoms with Crippen LogP contribution in [0.5, 0.6) is 11.5 Å². The highest BCUT2D eigenvalue weighted by Gasteiger charge is 2.35. The van der Waals surface area contributed by atoms with E-state index >= 15 is 0 Å². The van der Waals surface area contributed by atoms with Gasteiger partial charge in [0, 0.05) is 5.69 Å². The first-order valence-corrected chi connectivity index (χ1v) is 12.6. The molecule has 190 valence electrons.